The molecule has 120 valence electrons. The number of carbonyl (C=O) groups is 2. The molecule has 7 nitrogen and oxygen atoms in total. The Balaban J connectivity index is 2.23. The van der Waals surface area contributed by atoms with Crippen molar-refractivity contribution in [2.75, 3.05) is 30.3 Å². The topological polar surface area (TPSA) is 92.8 Å². The summed E-state index contributed by atoms with van der Waals surface area (Å²) < 4.78 is 29.2. The summed E-state index contributed by atoms with van der Waals surface area (Å²) in [6, 6.07) is 4.08. The summed E-state index contributed by atoms with van der Waals surface area (Å²) in [7, 11) is -2.13. The molecule has 2 rings (SSSR count). The quantitative estimate of drug-likeness (QED) is 0.795. The van der Waals surface area contributed by atoms with Gasteiger partial charge in [0.25, 0.3) is 5.91 Å². The van der Waals surface area contributed by atoms with Gasteiger partial charge in [-0.1, -0.05) is 11.6 Å². The Bertz CT molecular complexity index is 704. The molecule has 2 amide bonds. The van der Waals surface area contributed by atoms with Crippen LogP contribution in [0.2, 0.25) is 5.02 Å². The number of sulfonamides is 1. The number of hydrogen-bond donors (Lipinski definition) is 1. The number of ether oxygens (including phenoxy) is 1. The van der Waals surface area contributed by atoms with E-state index in [-0.39, 0.29) is 28.4 Å². The molecule has 9 heteroatoms. The summed E-state index contributed by atoms with van der Waals surface area (Å²) in [4.78, 5) is 23.6. The molecule has 1 saturated heterocycles. The zero-order valence-corrected chi connectivity index (χ0v) is 13.4. The minimum atomic E-state index is -3.65. The second-order valence-corrected chi connectivity index (χ2v) is 6.98. The number of amides is 2. The minimum absolute atomic E-state index is 0.0563. The van der Waals surface area contributed by atoms with Crippen molar-refractivity contribution in [3.05, 3.63) is 28.8 Å². The van der Waals surface area contributed by atoms with E-state index >= 15 is 0 Å². The molecule has 0 spiro atoms. The highest BCUT2D eigenvalue weighted by molar-refractivity contribution is 7.94. The average molecular weight is 347 g/mol. The Hall–Kier alpha value is -1.64. The van der Waals surface area contributed by atoms with E-state index in [9.17, 15) is 18.0 Å². The molecule has 0 bridgehead atoms. The summed E-state index contributed by atoms with van der Waals surface area (Å²) in [5.41, 5.74) is 0.339. The maximum absolute atomic E-state index is 11.9. The van der Waals surface area contributed by atoms with Crippen LogP contribution in [0.3, 0.4) is 0 Å². The van der Waals surface area contributed by atoms with Crippen LogP contribution in [0.5, 0.6) is 0 Å². The Morgan fingerprint density at radius 2 is 2.18 bits per heavy atom. The van der Waals surface area contributed by atoms with Crippen LogP contribution >= 0.6 is 11.6 Å². The van der Waals surface area contributed by atoms with Crippen molar-refractivity contribution < 1.29 is 22.7 Å². The summed E-state index contributed by atoms with van der Waals surface area (Å²) in [5.74, 6) is -1.12. The van der Waals surface area contributed by atoms with E-state index in [0.717, 1.165) is 4.31 Å². The summed E-state index contributed by atoms with van der Waals surface area (Å²) in [6.07, 6.45) is -0.0563. The molecule has 0 unspecified atom stereocenters. The van der Waals surface area contributed by atoms with Gasteiger partial charge in [-0.05, 0) is 18.2 Å². The zero-order valence-electron chi connectivity index (χ0n) is 11.8. The second-order valence-electron chi connectivity index (χ2n) is 4.64. The average Bonchev–Trinajstić information content (AvgIpc) is 2.72. The van der Waals surface area contributed by atoms with Gasteiger partial charge in [0.15, 0.2) is 0 Å². The van der Waals surface area contributed by atoms with Gasteiger partial charge in [-0.25, -0.2) is 12.7 Å². The first-order valence-electron chi connectivity index (χ1n) is 6.49. The van der Waals surface area contributed by atoms with E-state index in [0.29, 0.717) is 13.2 Å². The van der Waals surface area contributed by atoms with Crippen LogP contribution < -0.4 is 9.62 Å². The fraction of sp³-hybridized carbons (Fsp3) is 0.385. The molecule has 22 heavy (non-hydrogen) atoms. The van der Waals surface area contributed by atoms with Gasteiger partial charge in [0, 0.05) is 20.1 Å². The largest absolute Gasteiger partial charge is 0.383 e. The summed E-state index contributed by atoms with van der Waals surface area (Å²) >= 11 is 6.03. The van der Waals surface area contributed by atoms with Gasteiger partial charge in [0.05, 0.1) is 28.6 Å². The van der Waals surface area contributed by atoms with Crippen molar-refractivity contribution in [2.24, 2.45) is 0 Å². The third-order valence-electron chi connectivity index (χ3n) is 3.10. The SMILES string of the molecule is COCCNC(=O)c1ccc(N2C(=O)CCS2(=O)=O)cc1Cl. The maximum atomic E-state index is 11.9. The van der Waals surface area contributed by atoms with Crippen LogP contribution in [-0.2, 0) is 19.6 Å². The molecule has 1 heterocycles. The van der Waals surface area contributed by atoms with Gasteiger partial charge >= 0.3 is 0 Å². The Morgan fingerprint density at radius 1 is 1.45 bits per heavy atom. The first kappa shape index (κ1) is 16.7. The molecule has 0 atom stereocenters. The Kier molecular flexibility index (Phi) is 5.05. The molecule has 0 radical (unpaired) electrons. The molecule has 0 aromatic heterocycles. The maximum Gasteiger partial charge on any atom is 0.252 e. The van der Waals surface area contributed by atoms with Gasteiger partial charge in [-0.2, -0.15) is 0 Å². The molecule has 0 saturated carbocycles. The molecule has 0 aliphatic carbocycles. The highest BCUT2D eigenvalue weighted by atomic mass is 35.5. The van der Waals surface area contributed by atoms with E-state index in [1.807, 2.05) is 0 Å². The van der Waals surface area contributed by atoms with E-state index in [2.05, 4.69) is 5.32 Å². The van der Waals surface area contributed by atoms with Crippen LogP contribution in [0.4, 0.5) is 5.69 Å². The number of rotatable bonds is 5. The van der Waals surface area contributed by atoms with E-state index in [1.165, 1.54) is 25.3 Å². The Labute approximate surface area is 133 Å². The number of nitrogens with zero attached hydrogens (tertiary/aromatic N) is 1. The fourth-order valence-electron chi connectivity index (χ4n) is 2.05. The van der Waals surface area contributed by atoms with E-state index < -0.39 is 21.8 Å². The van der Waals surface area contributed by atoms with Crippen LogP contribution in [-0.4, -0.2) is 46.2 Å². The zero-order chi connectivity index (χ0) is 16.3. The lowest BCUT2D eigenvalue weighted by atomic mass is 10.2. The van der Waals surface area contributed by atoms with Crippen molar-refractivity contribution in [1.29, 1.82) is 0 Å². The smallest absolute Gasteiger partial charge is 0.252 e. The van der Waals surface area contributed by atoms with Gasteiger partial charge < -0.3 is 10.1 Å². The predicted molar refractivity (Wildman–Crippen MR) is 81.6 cm³/mol. The first-order chi connectivity index (χ1) is 10.4. The van der Waals surface area contributed by atoms with Gasteiger partial charge in [-0.15, -0.1) is 0 Å². The minimum Gasteiger partial charge on any atom is -0.383 e. The van der Waals surface area contributed by atoms with Crippen LogP contribution in [0.25, 0.3) is 0 Å². The van der Waals surface area contributed by atoms with E-state index in [4.69, 9.17) is 16.3 Å². The lowest BCUT2D eigenvalue weighted by molar-refractivity contribution is -0.116. The lowest BCUT2D eigenvalue weighted by Crippen LogP contribution is -2.30. The van der Waals surface area contributed by atoms with E-state index in [1.54, 1.807) is 0 Å². The Morgan fingerprint density at radius 3 is 2.73 bits per heavy atom. The van der Waals surface area contributed by atoms with Crippen LogP contribution in [0, 0.1) is 0 Å². The van der Waals surface area contributed by atoms with Crippen LogP contribution in [0.1, 0.15) is 16.8 Å². The highest BCUT2D eigenvalue weighted by Crippen LogP contribution is 2.29. The van der Waals surface area contributed by atoms with Crippen molar-refractivity contribution in [1.82, 2.24) is 5.32 Å². The number of methoxy groups -OCH3 is 1. The van der Waals surface area contributed by atoms with Gasteiger partial charge in [-0.3, -0.25) is 9.59 Å². The predicted octanol–water partition coefficient (Wildman–Crippen LogP) is 0.783. The van der Waals surface area contributed by atoms with Gasteiger partial charge in [0.1, 0.15) is 0 Å². The number of anilines is 1. The molecular weight excluding hydrogens is 332 g/mol. The third kappa shape index (κ3) is 3.40. The van der Waals surface area contributed by atoms with Crippen molar-refractivity contribution in [3.8, 4) is 0 Å². The third-order valence-corrected chi connectivity index (χ3v) is 5.11. The van der Waals surface area contributed by atoms with Crippen LogP contribution in [0.15, 0.2) is 18.2 Å². The number of nitrogens with one attached hydrogen (secondary N) is 1. The normalized spacial score (nSPS) is 16.8. The molecule has 1 aliphatic heterocycles. The molecule has 1 aromatic rings. The standard InChI is InChI=1S/C13H15ClN2O5S/c1-21-6-5-15-13(18)10-3-2-9(8-11(10)14)16-12(17)4-7-22(16,19)20/h2-3,8H,4-7H2,1H3,(H,15,18). The van der Waals surface area contributed by atoms with Crippen molar-refractivity contribution in [2.45, 2.75) is 6.42 Å². The number of hydrogen-bond acceptors (Lipinski definition) is 5. The fourth-order valence-corrected chi connectivity index (χ4v) is 3.76. The monoisotopic (exact) mass is 346 g/mol. The second kappa shape index (κ2) is 6.64. The molecule has 1 fully saturated rings. The summed E-state index contributed by atoms with van der Waals surface area (Å²) in [5, 5.41) is 2.68. The molecular formula is C13H15ClN2O5S. The molecule has 1 aliphatic rings. The van der Waals surface area contributed by atoms with Crippen molar-refractivity contribution in [3.63, 3.8) is 0 Å². The number of benzene rings is 1. The first-order valence-corrected chi connectivity index (χ1v) is 8.48. The van der Waals surface area contributed by atoms with Gasteiger partial charge in [0.2, 0.25) is 15.9 Å². The summed E-state index contributed by atoms with van der Waals surface area (Å²) in [6.45, 7) is 0.689. The van der Waals surface area contributed by atoms with Crippen molar-refractivity contribution >= 4 is 39.1 Å². The number of carbonyl (C=O) groups excluding carboxylic acids is 2. The number of halogens is 1. The molecule has 1 N–H and O–H groups in total. The highest BCUT2D eigenvalue weighted by Gasteiger charge is 2.36. The molecule has 1 aromatic carbocycles. The lowest BCUT2D eigenvalue weighted by Gasteiger charge is -2.16.